The quantitative estimate of drug-likeness (QED) is 0.441. The molecule has 0 N–H and O–H groups in total. The molecule has 0 saturated heterocycles. The van der Waals surface area contributed by atoms with Crippen molar-refractivity contribution in [3.63, 3.8) is 0 Å². The van der Waals surface area contributed by atoms with Crippen LogP contribution in [-0.2, 0) is 0 Å². The molecule has 0 fully saturated rings. The van der Waals surface area contributed by atoms with E-state index in [4.69, 9.17) is 4.42 Å². The lowest BCUT2D eigenvalue weighted by atomic mass is 10.0. The third-order valence-electron chi connectivity index (χ3n) is 4.11. The van der Waals surface area contributed by atoms with Gasteiger partial charge in [-0.1, -0.05) is 91.0 Å². The van der Waals surface area contributed by atoms with Crippen LogP contribution in [0.15, 0.2) is 101 Å². The summed E-state index contributed by atoms with van der Waals surface area (Å²) in [5.74, 6) is 0.954. The summed E-state index contributed by atoms with van der Waals surface area (Å²) in [6.45, 7) is 0. The number of hydrogen-bond donors (Lipinski definition) is 0. The van der Waals surface area contributed by atoms with Crippen molar-refractivity contribution >= 4 is 5.78 Å². The van der Waals surface area contributed by atoms with Crippen molar-refractivity contribution in [3.8, 4) is 22.5 Å². The molecule has 0 atom stereocenters. The molecule has 1 aromatic heterocycles. The first-order valence-electron chi connectivity index (χ1n) is 8.17. The Labute approximate surface area is 146 Å². The largest absolute Gasteiger partial charge is 0.452 e. The van der Waals surface area contributed by atoms with Crippen LogP contribution in [0, 0.1) is 0 Å². The zero-order valence-electron chi connectivity index (χ0n) is 13.6. The molecule has 2 nitrogen and oxygen atoms in total. The molecule has 2 heteroatoms. The Bertz CT molecular complexity index is 927. The third kappa shape index (κ3) is 3.02. The van der Waals surface area contributed by atoms with Gasteiger partial charge in [-0.15, -0.1) is 0 Å². The van der Waals surface area contributed by atoms with Gasteiger partial charge >= 0.3 is 0 Å². The second-order valence-electron chi connectivity index (χ2n) is 5.78. The van der Waals surface area contributed by atoms with Crippen LogP contribution in [-0.4, -0.2) is 5.78 Å². The first kappa shape index (κ1) is 15.2. The molecule has 0 spiro atoms. The fourth-order valence-corrected chi connectivity index (χ4v) is 2.87. The van der Waals surface area contributed by atoms with Gasteiger partial charge in [-0.25, -0.2) is 0 Å². The Morgan fingerprint density at radius 3 is 1.76 bits per heavy atom. The monoisotopic (exact) mass is 324 g/mol. The maximum Gasteiger partial charge on any atom is 0.228 e. The van der Waals surface area contributed by atoms with E-state index in [-0.39, 0.29) is 5.78 Å². The smallest absolute Gasteiger partial charge is 0.228 e. The zero-order chi connectivity index (χ0) is 17.1. The molecular weight excluding hydrogens is 308 g/mol. The Kier molecular flexibility index (Phi) is 4.01. The molecule has 0 aliphatic heterocycles. The second-order valence-corrected chi connectivity index (χ2v) is 5.78. The SMILES string of the molecule is O=C(c1ccccc1)c1cc(-c2ccccc2)c(-c2ccccc2)o1. The highest BCUT2D eigenvalue weighted by Gasteiger charge is 2.20. The Hall–Kier alpha value is -3.39. The van der Waals surface area contributed by atoms with E-state index in [0.29, 0.717) is 17.1 Å². The predicted molar refractivity (Wildman–Crippen MR) is 99.5 cm³/mol. The summed E-state index contributed by atoms with van der Waals surface area (Å²) in [7, 11) is 0. The van der Waals surface area contributed by atoms with Crippen LogP contribution < -0.4 is 0 Å². The molecule has 0 aliphatic rings. The molecule has 0 bridgehead atoms. The van der Waals surface area contributed by atoms with E-state index < -0.39 is 0 Å². The van der Waals surface area contributed by atoms with Gasteiger partial charge in [-0.3, -0.25) is 4.79 Å². The minimum absolute atomic E-state index is 0.111. The van der Waals surface area contributed by atoms with Crippen molar-refractivity contribution in [2.75, 3.05) is 0 Å². The van der Waals surface area contributed by atoms with Gasteiger partial charge < -0.3 is 4.42 Å². The molecular formula is C23H16O2. The average Bonchev–Trinajstić information content (AvgIpc) is 3.15. The van der Waals surface area contributed by atoms with Crippen LogP contribution in [0.5, 0.6) is 0 Å². The first-order valence-corrected chi connectivity index (χ1v) is 8.17. The van der Waals surface area contributed by atoms with Gasteiger partial charge in [0.05, 0.1) is 0 Å². The van der Waals surface area contributed by atoms with Crippen LogP contribution in [0.25, 0.3) is 22.5 Å². The Balaban J connectivity index is 1.86. The summed E-state index contributed by atoms with van der Waals surface area (Å²) >= 11 is 0. The zero-order valence-corrected chi connectivity index (χ0v) is 13.6. The lowest BCUT2D eigenvalue weighted by Crippen LogP contribution is -1.98. The van der Waals surface area contributed by atoms with Gasteiger partial charge in [-0.05, 0) is 11.6 Å². The van der Waals surface area contributed by atoms with Gasteiger partial charge in [0, 0.05) is 16.7 Å². The topological polar surface area (TPSA) is 30.2 Å². The number of benzene rings is 3. The molecule has 0 saturated carbocycles. The van der Waals surface area contributed by atoms with Crippen LogP contribution in [0.1, 0.15) is 16.1 Å². The van der Waals surface area contributed by atoms with E-state index in [0.717, 1.165) is 16.7 Å². The molecule has 3 aromatic carbocycles. The molecule has 0 radical (unpaired) electrons. The number of furan rings is 1. The van der Waals surface area contributed by atoms with E-state index >= 15 is 0 Å². The van der Waals surface area contributed by atoms with E-state index in [1.165, 1.54) is 0 Å². The van der Waals surface area contributed by atoms with Gasteiger partial charge in [0.25, 0.3) is 0 Å². The maximum atomic E-state index is 12.8. The number of ketones is 1. The lowest BCUT2D eigenvalue weighted by Gasteiger charge is -2.02. The number of rotatable bonds is 4. The fraction of sp³-hybridized carbons (Fsp3) is 0. The van der Waals surface area contributed by atoms with E-state index in [1.807, 2.05) is 84.9 Å². The maximum absolute atomic E-state index is 12.8. The third-order valence-corrected chi connectivity index (χ3v) is 4.11. The molecule has 1 heterocycles. The van der Waals surface area contributed by atoms with Crippen LogP contribution in [0.2, 0.25) is 0 Å². The summed E-state index contributed by atoms with van der Waals surface area (Å²) in [4.78, 5) is 12.8. The van der Waals surface area contributed by atoms with Gasteiger partial charge in [0.1, 0.15) is 5.76 Å². The minimum atomic E-state index is -0.111. The molecule has 0 amide bonds. The van der Waals surface area contributed by atoms with Gasteiger partial charge in [0.15, 0.2) is 5.76 Å². The molecule has 120 valence electrons. The summed E-state index contributed by atoms with van der Waals surface area (Å²) in [6.07, 6.45) is 0. The molecule has 25 heavy (non-hydrogen) atoms. The Morgan fingerprint density at radius 1 is 0.640 bits per heavy atom. The summed E-state index contributed by atoms with van der Waals surface area (Å²) in [6, 6.07) is 30.9. The van der Waals surface area contributed by atoms with Crippen molar-refractivity contribution < 1.29 is 9.21 Å². The van der Waals surface area contributed by atoms with E-state index in [9.17, 15) is 4.79 Å². The van der Waals surface area contributed by atoms with Crippen LogP contribution >= 0.6 is 0 Å². The van der Waals surface area contributed by atoms with Crippen molar-refractivity contribution in [2.24, 2.45) is 0 Å². The normalized spacial score (nSPS) is 10.6. The van der Waals surface area contributed by atoms with Gasteiger partial charge in [0.2, 0.25) is 5.78 Å². The number of carbonyl (C=O) groups excluding carboxylic acids is 1. The van der Waals surface area contributed by atoms with Crippen molar-refractivity contribution in [3.05, 3.63) is 108 Å². The van der Waals surface area contributed by atoms with Crippen molar-refractivity contribution in [2.45, 2.75) is 0 Å². The van der Waals surface area contributed by atoms with Crippen molar-refractivity contribution in [1.82, 2.24) is 0 Å². The number of hydrogen-bond acceptors (Lipinski definition) is 2. The molecule has 4 rings (SSSR count). The van der Waals surface area contributed by atoms with Crippen LogP contribution in [0.3, 0.4) is 0 Å². The standard InChI is InChI=1S/C23H16O2/c24-22(18-12-6-2-7-13-18)21-16-20(17-10-4-1-5-11-17)23(25-21)19-14-8-3-9-15-19/h1-16H. The van der Waals surface area contributed by atoms with E-state index in [2.05, 4.69) is 0 Å². The van der Waals surface area contributed by atoms with Gasteiger partial charge in [-0.2, -0.15) is 0 Å². The van der Waals surface area contributed by atoms with Crippen LogP contribution in [0.4, 0.5) is 0 Å². The summed E-state index contributed by atoms with van der Waals surface area (Å²) in [5.41, 5.74) is 3.52. The Morgan fingerprint density at radius 2 is 1.16 bits per heavy atom. The lowest BCUT2D eigenvalue weighted by molar-refractivity contribution is 0.101. The molecule has 0 unspecified atom stereocenters. The highest BCUT2D eigenvalue weighted by molar-refractivity contribution is 6.08. The number of carbonyl (C=O) groups is 1. The van der Waals surface area contributed by atoms with E-state index in [1.54, 1.807) is 12.1 Å². The summed E-state index contributed by atoms with van der Waals surface area (Å²) in [5, 5.41) is 0. The predicted octanol–water partition coefficient (Wildman–Crippen LogP) is 5.84. The summed E-state index contributed by atoms with van der Waals surface area (Å²) < 4.78 is 6.02. The second kappa shape index (κ2) is 6.62. The minimum Gasteiger partial charge on any atom is -0.452 e. The molecule has 4 aromatic rings. The highest BCUT2D eigenvalue weighted by atomic mass is 16.3. The fourth-order valence-electron chi connectivity index (χ4n) is 2.87. The first-order chi connectivity index (χ1) is 12.3. The molecule has 0 aliphatic carbocycles. The average molecular weight is 324 g/mol. The van der Waals surface area contributed by atoms with Crippen molar-refractivity contribution in [1.29, 1.82) is 0 Å². The highest BCUT2D eigenvalue weighted by Crippen LogP contribution is 2.35.